The molecule has 0 fully saturated rings. The summed E-state index contributed by atoms with van der Waals surface area (Å²) < 4.78 is 17.3. The van der Waals surface area contributed by atoms with Gasteiger partial charge in [0.25, 0.3) is 11.6 Å². The maximum atomic E-state index is 12.1. The zero-order valence-electron chi connectivity index (χ0n) is 20.6. The molecule has 0 aliphatic heterocycles. The molecule has 4 rings (SSSR count). The van der Waals surface area contributed by atoms with E-state index in [1.165, 1.54) is 30.5 Å². The van der Waals surface area contributed by atoms with Crippen LogP contribution in [0, 0.1) is 10.1 Å². The number of methoxy groups -OCH3 is 1. The van der Waals surface area contributed by atoms with Crippen LogP contribution in [0.4, 0.5) is 5.69 Å². The van der Waals surface area contributed by atoms with E-state index in [9.17, 15) is 14.9 Å². The number of nitro benzene ring substituents is 1. The standard InChI is InChI=1S/C29H25N3O6/c1-36-28-17-23(9-16-27(28)38-19-22-5-3-2-4-6-22)20-37-26-14-7-21(8-15-26)18-30-31-29(33)24-10-12-25(13-11-24)32(34)35/h2-18H,19-20H2,1H3,(H,31,33)/b30-18+. The Kier molecular flexibility index (Phi) is 8.64. The number of nitrogens with zero attached hydrogens (tertiary/aromatic N) is 2. The average molecular weight is 512 g/mol. The van der Waals surface area contributed by atoms with Crippen LogP contribution in [-0.4, -0.2) is 24.2 Å². The number of carbonyl (C=O) groups is 1. The van der Waals surface area contributed by atoms with Gasteiger partial charge in [-0.1, -0.05) is 36.4 Å². The molecule has 0 heterocycles. The highest BCUT2D eigenvalue weighted by molar-refractivity contribution is 5.95. The maximum absolute atomic E-state index is 12.1. The minimum Gasteiger partial charge on any atom is -0.493 e. The molecule has 0 saturated carbocycles. The Bertz CT molecular complexity index is 1400. The van der Waals surface area contributed by atoms with Crippen molar-refractivity contribution in [1.82, 2.24) is 5.43 Å². The first-order valence-corrected chi connectivity index (χ1v) is 11.7. The molecule has 0 atom stereocenters. The van der Waals surface area contributed by atoms with Crippen LogP contribution in [0.25, 0.3) is 0 Å². The second-order valence-electron chi connectivity index (χ2n) is 8.12. The summed E-state index contributed by atoms with van der Waals surface area (Å²) in [6.07, 6.45) is 1.49. The maximum Gasteiger partial charge on any atom is 0.271 e. The van der Waals surface area contributed by atoms with E-state index < -0.39 is 10.8 Å². The first kappa shape index (κ1) is 25.9. The summed E-state index contributed by atoms with van der Waals surface area (Å²) in [6.45, 7) is 0.789. The van der Waals surface area contributed by atoms with E-state index in [1.807, 2.05) is 48.5 Å². The van der Waals surface area contributed by atoms with Gasteiger partial charge in [0.05, 0.1) is 18.2 Å². The van der Waals surface area contributed by atoms with Crippen molar-refractivity contribution in [2.75, 3.05) is 7.11 Å². The minimum absolute atomic E-state index is 0.0867. The van der Waals surface area contributed by atoms with Gasteiger partial charge in [-0.25, -0.2) is 5.43 Å². The fourth-order valence-corrected chi connectivity index (χ4v) is 3.44. The SMILES string of the molecule is COc1cc(COc2ccc(/C=N/NC(=O)c3ccc([N+](=O)[O-])cc3)cc2)ccc1OCc1ccccc1. The Hall–Kier alpha value is -5.18. The molecule has 0 aromatic heterocycles. The number of nitrogens with one attached hydrogen (secondary N) is 1. The third-order valence-electron chi connectivity index (χ3n) is 5.47. The molecule has 0 spiro atoms. The average Bonchev–Trinajstić information content (AvgIpc) is 2.96. The number of hydrazone groups is 1. The van der Waals surface area contributed by atoms with Crippen molar-refractivity contribution in [3.8, 4) is 17.2 Å². The predicted molar refractivity (Wildman–Crippen MR) is 143 cm³/mol. The minimum atomic E-state index is -0.525. The van der Waals surface area contributed by atoms with Crippen LogP contribution < -0.4 is 19.6 Å². The lowest BCUT2D eigenvalue weighted by Gasteiger charge is -2.13. The number of benzene rings is 4. The van der Waals surface area contributed by atoms with Gasteiger partial charge >= 0.3 is 0 Å². The van der Waals surface area contributed by atoms with E-state index in [-0.39, 0.29) is 11.3 Å². The zero-order chi connectivity index (χ0) is 26.7. The number of hydrogen-bond acceptors (Lipinski definition) is 7. The second-order valence-corrected chi connectivity index (χ2v) is 8.12. The molecule has 38 heavy (non-hydrogen) atoms. The zero-order valence-corrected chi connectivity index (χ0v) is 20.6. The molecule has 0 radical (unpaired) electrons. The fourth-order valence-electron chi connectivity index (χ4n) is 3.44. The monoisotopic (exact) mass is 511 g/mol. The van der Waals surface area contributed by atoms with Crippen molar-refractivity contribution >= 4 is 17.8 Å². The molecule has 0 saturated heterocycles. The van der Waals surface area contributed by atoms with Crippen molar-refractivity contribution in [3.05, 3.63) is 129 Å². The van der Waals surface area contributed by atoms with Gasteiger partial charge in [-0.3, -0.25) is 14.9 Å². The van der Waals surface area contributed by atoms with Crippen molar-refractivity contribution in [2.24, 2.45) is 5.10 Å². The number of hydrogen-bond donors (Lipinski definition) is 1. The molecule has 0 unspecified atom stereocenters. The van der Waals surface area contributed by atoms with E-state index in [0.29, 0.717) is 30.5 Å². The summed E-state index contributed by atoms with van der Waals surface area (Å²) in [5.74, 6) is 1.48. The molecule has 4 aromatic carbocycles. The molecule has 0 aliphatic carbocycles. The Morgan fingerprint density at radius 2 is 1.58 bits per heavy atom. The van der Waals surface area contributed by atoms with E-state index in [1.54, 1.807) is 31.4 Å². The van der Waals surface area contributed by atoms with Crippen molar-refractivity contribution in [1.29, 1.82) is 0 Å². The topological polar surface area (TPSA) is 112 Å². The van der Waals surface area contributed by atoms with E-state index >= 15 is 0 Å². The summed E-state index contributed by atoms with van der Waals surface area (Å²) in [4.78, 5) is 22.3. The summed E-state index contributed by atoms with van der Waals surface area (Å²) in [7, 11) is 1.60. The summed E-state index contributed by atoms with van der Waals surface area (Å²) in [6, 6.07) is 28.1. The highest BCUT2D eigenvalue weighted by Gasteiger charge is 2.09. The molecule has 9 nitrogen and oxygen atoms in total. The number of amides is 1. The Morgan fingerprint density at radius 3 is 2.26 bits per heavy atom. The molecule has 4 aromatic rings. The van der Waals surface area contributed by atoms with Gasteiger partial charge in [0.15, 0.2) is 11.5 Å². The van der Waals surface area contributed by atoms with Gasteiger partial charge in [0.1, 0.15) is 19.0 Å². The summed E-state index contributed by atoms with van der Waals surface area (Å²) in [5, 5.41) is 14.6. The second kappa shape index (κ2) is 12.7. The number of non-ortho nitro benzene ring substituents is 1. The van der Waals surface area contributed by atoms with Crippen molar-refractivity contribution in [2.45, 2.75) is 13.2 Å². The largest absolute Gasteiger partial charge is 0.493 e. The van der Waals surface area contributed by atoms with Crippen LogP contribution in [0.15, 0.2) is 102 Å². The third-order valence-corrected chi connectivity index (χ3v) is 5.47. The molecular weight excluding hydrogens is 486 g/mol. The van der Waals surface area contributed by atoms with Gasteiger partial charge < -0.3 is 14.2 Å². The molecule has 1 N–H and O–H groups in total. The number of rotatable bonds is 11. The van der Waals surface area contributed by atoms with Crippen LogP contribution >= 0.6 is 0 Å². The fraction of sp³-hybridized carbons (Fsp3) is 0.103. The third kappa shape index (κ3) is 7.17. The van der Waals surface area contributed by atoms with Crippen LogP contribution in [0.3, 0.4) is 0 Å². The van der Waals surface area contributed by atoms with E-state index in [4.69, 9.17) is 14.2 Å². The number of ether oxygens (including phenoxy) is 3. The quantitative estimate of drug-likeness (QED) is 0.161. The number of carbonyl (C=O) groups excluding carboxylic acids is 1. The molecule has 192 valence electrons. The van der Waals surface area contributed by atoms with Crippen LogP contribution in [0.1, 0.15) is 27.0 Å². The lowest BCUT2D eigenvalue weighted by atomic mass is 10.2. The van der Waals surface area contributed by atoms with E-state index in [2.05, 4.69) is 10.5 Å². The Labute approximate surface area is 219 Å². The van der Waals surface area contributed by atoms with Crippen LogP contribution in [-0.2, 0) is 13.2 Å². The molecular formula is C29H25N3O6. The summed E-state index contributed by atoms with van der Waals surface area (Å²) >= 11 is 0. The number of nitro groups is 1. The van der Waals surface area contributed by atoms with Gasteiger partial charge in [-0.2, -0.15) is 5.10 Å². The Morgan fingerprint density at radius 1 is 0.868 bits per heavy atom. The lowest BCUT2D eigenvalue weighted by molar-refractivity contribution is -0.384. The normalized spacial score (nSPS) is 10.7. The van der Waals surface area contributed by atoms with Crippen molar-refractivity contribution < 1.29 is 23.9 Å². The van der Waals surface area contributed by atoms with Gasteiger partial charge in [-0.05, 0) is 65.2 Å². The highest BCUT2D eigenvalue weighted by atomic mass is 16.6. The molecule has 0 bridgehead atoms. The summed E-state index contributed by atoms with van der Waals surface area (Å²) in [5.41, 5.74) is 5.33. The molecule has 1 amide bonds. The molecule has 0 aliphatic rings. The Balaban J connectivity index is 1.27. The lowest BCUT2D eigenvalue weighted by Crippen LogP contribution is -2.17. The van der Waals surface area contributed by atoms with Gasteiger partial charge in [-0.15, -0.1) is 0 Å². The van der Waals surface area contributed by atoms with Gasteiger partial charge in [0, 0.05) is 17.7 Å². The molecule has 9 heteroatoms. The first-order chi connectivity index (χ1) is 18.5. The highest BCUT2D eigenvalue weighted by Crippen LogP contribution is 2.29. The van der Waals surface area contributed by atoms with Crippen molar-refractivity contribution in [3.63, 3.8) is 0 Å². The predicted octanol–water partition coefficient (Wildman–Crippen LogP) is 5.53. The van der Waals surface area contributed by atoms with E-state index in [0.717, 1.165) is 16.7 Å². The first-order valence-electron chi connectivity index (χ1n) is 11.7. The smallest absolute Gasteiger partial charge is 0.271 e. The van der Waals surface area contributed by atoms with Gasteiger partial charge in [0.2, 0.25) is 0 Å². The van der Waals surface area contributed by atoms with Crippen LogP contribution in [0.2, 0.25) is 0 Å². The van der Waals surface area contributed by atoms with Crippen LogP contribution in [0.5, 0.6) is 17.2 Å².